The van der Waals surface area contributed by atoms with Gasteiger partial charge in [-0.05, 0) is 35.4 Å². The summed E-state index contributed by atoms with van der Waals surface area (Å²) in [6, 6.07) is 14.3. The molecule has 0 saturated carbocycles. The molecule has 2 aromatic carbocycles. The zero-order valence-electron chi connectivity index (χ0n) is 12.1. The highest BCUT2D eigenvalue weighted by molar-refractivity contribution is 6.30. The van der Waals surface area contributed by atoms with E-state index in [9.17, 15) is 5.11 Å². The number of halogens is 1. The summed E-state index contributed by atoms with van der Waals surface area (Å²) in [5.74, 6) is 0. The number of nitrogens with zero attached hydrogens (tertiary/aromatic N) is 2. The molecule has 0 radical (unpaired) electrons. The average molecular weight is 314 g/mol. The van der Waals surface area contributed by atoms with Gasteiger partial charge in [0, 0.05) is 17.8 Å². The number of anilines is 1. The van der Waals surface area contributed by atoms with Crippen molar-refractivity contribution < 1.29 is 5.11 Å². The largest absolute Gasteiger partial charge is 0.399 e. The van der Waals surface area contributed by atoms with Crippen molar-refractivity contribution in [3.8, 4) is 0 Å². The van der Waals surface area contributed by atoms with Crippen LogP contribution in [-0.4, -0.2) is 14.7 Å². The number of nitrogen functional groups attached to an aromatic ring is 1. The quantitative estimate of drug-likeness (QED) is 0.731. The molecule has 0 saturated heterocycles. The van der Waals surface area contributed by atoms with Gasteiger partial charge in [-0.15, -0.1) is 0 Å². The standard InChI is InChI=1S/C17H16ClN3O/c1-21-11-20-10-16(21)17(22,12-2-6-14(18)7-3-12)13-4-8-15(19)9-5-13/h2-11,22H,19H2,1H3. The smallest absolute Gasteiger partial charge is 0.156 e. The number of hydrogen-bond donors (Lipinski definition) is 2. The van der Waals surface area contributed by atoms with Gasteiger partial charge >= 0.3 is 0 Å². The fourth-order valence-electron chi connectivity index (χ4n) is 2.58. The van der Waals surface area contributed by atoms with Crippen molar-refractivity contribution in [2.75, 3.05) is 5.73 Å². The van der Waals surface area contributed by atoms with Gasteiger partial charge in [0.15, 0.2) is 5.60 Å². The summed E-state index contributed by atoms with van der Waals surface area (Å²) in [5, 5.41) is 12.2. The Hall–Kier alpha value is -2.30. The van der Waals surface area contributed by atoms with E-state index in [0.29, 0.717) is 27.5 Å². The Bertz CT molecular complexity index is 733. The van der Waals surface area contributed by atoms with Gasteiger partial charge in [-0.1, -0.05) is 35.9 Å². The average Bonchev–Trinajstić information content (AvgIpc) is 2.94. The molecule has 1 unspecified atom stereocenters. The Labute approximate surface area is 133 Å². The summed E-state index contributed by atoms with van der Waals surface area (Å²) in [7, 11) is 1.85. The number of aliphatic hydroxyl groups is 1. The molecule has 3 N–H and O–H groups in total. The molecule has 0 aliphatic rings. The summed E-state index contributed by atoms with van der Waals surface area (Å²) in [4.78, 5) is 4.13. The molecule has 0 aliphatic carbocycles. The fraction of sp³-hybridized carbons (Fsp3) is 0.118. The molecule has 0 spiro atoms. The fourth-order valence-corrected chi connectivity index (χ4v) is 2.71. The van der Waals surface area contributed by atoms with Crippen molar-refractivity contribution in [3.63, 3.8) is 0 Å². The molecule has 1 heterocycles. The Morgan fingerprint density at radius 1 is 1.05 bits per heavy atom. The number of aryl methyl sites for hydroxylation is 1. The van der Waals surface area contributed by atoms with Gasteiger partial charge in [-0.2, -0.15) is 0 Å². The summed E-state index contributed by atoms with van der Waals surface area (Å²) in [5.41, 5.74) is 7.17. The van der Waals surface area contributed by atoms with E-state index in [2.05, 4.69) is 4.98 Å². The van der Waals surface area contributed by atoms with E-state index in [0.717, 1.165) is 0 Å². The lowest BCUT2D eigenvalue weighted by atomic mass is 9.83. The Kier molecular flexibility index (Phi) is 3.64. The third-order valence-electron chi connectivity index (χ3n) is 3.78. The second-order valence-corrected chi connectivity index (χ2v) is 5.67. The summed E-state index contributed by atoms with van der Waals surface area (Å²) in [6.45, 7) is 0. The SMILES string of the molecule is Cn1cncc1C(O)(c1ccc(N)cc1)c1ccc(Cl)cc1. The van der Waals surface area contributed by atoms with Crippen LogP contribution in [0.4, 0.5) is 5.69 Å². The van der Waals surface area contributed by atoms with E-state index >= 15 is 0 Å². The molecule has 5 heteroatoms. The van der Waals surface area contributed by atoms with Crippen molar-refractivity contribution in [2.45, 2.75) is 5.60 Å². The molecule has 1 aromatic heterocycles. The lowest BCUT2D eigenvalue weighted by Crippen LogP contribution is -2.31. The Balaban J connectivity index is 2.24. The van der Waals surface area contributed by atoms with E-state index in [-0.39, 0.29) is 0 Å². The molecular formula is C17H16ClN3O. The maximum absolute atomic E-state index is 11.5. The van der Waals surface area contributed by atoms with Gasteiger partial charge in [0.25, 0.3) is 0 Å². The van der Waals surface area contributed by atoms with Crippen LogP contribution in [0.25, 0.3) is 0 Å². The number of rotatable bonds is 3. The predicted molar refractivity (Wildman–Crippen MR) is 87.6 cm³/mol. The van der Waals surface area contributed by atoms with Crippen molar-refractivity contribution in [3.05, 3.63) is 82.9 Å². The van der Waals surface area contributed by atoms with E-state index < -0.39 is 5.60 Å². The van der Waals surface area contributed by atoms with Crippen LogP contribution in [0.3, 0.4) is 0 Å². The van der Waals surface area contributed by atoms with Crippen LogP contribution in [0.2, 0.25) is 5.02 Å². The minimum atomic E-state index is -1.33. The van der Waals surface area contributed by atoms with Crippen molar-refractivity contribution >= 4 is 17.3 Å². The number of imidazole rings is 1. The first-order valence-corrected chi connectivity index (χ1v) is 7.21. The third-order valence-corrected chi connectivity index (χ3v) is 4.03. The van der Waals surface area contributed by atoms with Gasteiger partial charge in [0.1, 0.15) is 0 Å². The van der Waals surface area contributed by atoms with Gasteiger partial charge in [-0.25, -0.2) is 4.98 Å². The predicted octanol–water partition coefficient (Wildman–Crippen LogP) is 2.94. The van der Waals surface area contributed by atoms with Gasteiger partial charge < -0.3 is 15.4 Å². The van der Waals surface area contributed by atoms with Gasteiger partial charge in [0.05, 0.1) is 18.2 Å². The zero-order valence-corrected chi connectivity index (χ0v) is 12.8. The summed E-state index contributed by atoms with van der Waals surface area (Å²) in [6.07, 6.45) is 3.32. The molecule has 0 fully saturated rings. The van der Waals surface area contributed by atoms with Crippen LogP contribution >= 0.6 is 11.6 Å². The van der Waals surface area contributed by atoms with Gasteiger partial charge in [-0.3, -0.25) is 0 Å². The summed E-state index contributed by atoms with van der Waals surface area (Å²) < 4.78 is 1.80. The monoisotopic (exact) mass is 313 g/mol. The first-order valence-electron chi connectivity index (χ1n) is 6.83. The Morgan fingerprint density at radius 3 is 2.09 bits per heavy atom. The lowest BCUT2D eigenvalue weighted by Gasteiger charge is -2.30. The van der Waals surface area contributed by atoms with Crippen molar-refractivity contribution in [1.82, 2.24) is 9.55 Å². The first kappa shape index (κ1) is 14.6. The normalized spacial score (nSPS) is 13.8. The van der Waals surface area contributed by atoms with E-state index in [1.807, 2.05) is 31.3 Å². The van der Waals surface area contributed by atoms with E-state index in [1.54, 1.807) is 41.4 Å². The number of benzene rings is 2. The maximum atomic E-state index is 11.5. The van der Waals surface area contributed by atoms with Crippen LogP contribution < -0.4 is 5.73 Å². The molecular weight excluding hydrogens is 298 g/mol. The minimum Gasteiger partial charge on any atom is -0.399 e. The highest BCUT2D eigenvalue weighted by atomic mass is 35.5. The summed E-state index contributed by atoms with van der Waals surface area (Å²) >= 11 is 5.97. The number of aromatic nitrogens is 2. The van der Waals surface area contributed by atoms with E-state index in [1.165, 1.54) is 0 Å². The lowest BCUT2D eigenvalue weighted by molar-refractivity contribution is 0.117. The van der Waals surface area contributed by atoms with Crippen molar-refractivity contribution in [1.29, 1.82) is 0 Å². The highest BCUT2D eigenvalue weighted by Crippen LogP contribution is 2.36. The minimum absolute atomic E-state index is 0.619. The molecule has 0 bridgehead atoms. The van der Waals surface area contributed by atoms with Crippen molar-refractivity contribution in [2.24, 2.45) is 7.05 Å². The molecule has 3 aromatic rings. The molecule has 0 aliphatic heterocycles. The molecule has 22 heavy (non-hydrogen) atoms. The number of hydrogen-bond acceptors (Lipinski definition) is 3. The number of nitrogens with two attached hydrogens (primary N) is 1. The molecule has 4 nitrogen and oxygen atoms in total. The van der Waals surface area contributed by atoms with E-state index in [4.69, 9.17) is 17.3 Å². The second kappa shape index (κ2) is 5.48. The highest BCUT2D eigenvalue weighted by Gasteiger charge is 2.36. The Morgan fingerprint density at radius 2 is 1.59 bits per heavy atom. The van der Waals surface area contributed by atoms with Gasteiger partial charge in [0.2, 0.25) is 0 Å². The molecule has 1 atom stereocenters. The first-order chi connectivity index (χ1) is 10.5. The van der Waals surface area contributed by atoms with Crippen LogP contribution in [0.1, 0.15) is 16.8 Å². The third kappa shape index (κ3) is 2.36. The maximum Gasteiger partial charge on any atom is 0.156 e. The zero-order chi connectivity index (χ0) is 15.7. The molecule has 112 valence electrons. The van der Waals surface area contributed by atoms with Crippen LogP contribution in [0.15, 0.2) is 61.1 Å². The molecule has 0 amide bonds. The van der Waals surface area contributed by atoms with Crippen LogP contribution in [0.5, 0.6) is 0 Å². The topological polar surface area (TPSA) is 64.1 Å². The second-order valence-electron chi connectivity index (χ2n) is 5.23. The van der Waals surface area contributed by atoms with Crippen LogP contribution in [-0.2, 0) is 12.6 Å². The van der Waals surface area contributed by atoms with Crippen LogP contribution in [0, 0.1) is 0 Å². The molecule has 3 rings (SSSR count).